The van der Waals surface area contributed by atoms with Crippen LogP contribution in [0.15, 0.2) is 48.7 Å². The summed E-state index contributed by atoms with van der Waals surface area (Å²) in [6.07, 6.45) is 0.236. The molecule has 110 valence electrons. The Kier molecular flexibility index (Phi) is 3.42. The average Bonchev–Trinajstić information content (AvgIpc) is 2.46. The van der Waals surface area contributed by atoms with Gasteiger partial charge in [0.25, 0.3) is 0 Å². The van der Waals surface area contributed by atoms with Crippen molar-refractivity contribution in [3.8, 4) is 11.1 Å². The van der Waals surface area contributed by atoms with Crippen LogP contribution in [-0.4, -0.2) is 16.2 Å². The summed E-state index contributed by atoms with van der Waals surface area (Å²) in [5, 5.41) is 12.2. The normalized spacial score (nSPS) is 10.6. The van der Waals surface area contributed by atoms with Crippen LogP contribution >= 0.6 is 0 Å². The topological polar surface area (TPSA) is 62.2 Å². The summed E-state index contributed by atoms with van der Waals surface area (Å²) in [6, 6.07) is 10.1. The Morgan fingerprint density at radius 1 is 1.05 bits per heavy atom. The van der Waals surface area contributed by atoms with E-state index in [1.165, 1.54) is 24.4 Å². The van der Waals surface area contributed by atoms with Crippen molar-refractivity contribution in [2.24, 2.45) is 0 Å². The standard InChI is InChI=1S/C16H10F2N2O2/c17-12-2-1-3-13(18)15(12)10-5-4-9-7-14(20-16(21)22)19-8-11(9)6-10/h1-8H,(H,19,20)(H,21,22). The van der Waals surface area contributed by atoms with E-state index in [0.717, 1.165) is 0 Å². The molecule has 0 radical (unpaired) electrons. The van der Waals surface area contributed by atoms with Crippen LogP contribution in [-0.2, 0) is 0 Å². The molecule has 3 rings (SSSR count). The molecule has 0 bridgehead atoms. The molecular formula is C16H10F2N2O2. The molecule has 4 nitrogen and oxygen atoms in total. The highest BCUT2D eigenvalue weighted by molar-refractivity contribution is 5.91. The number of benzene rings is 2. The third kappa shape index (κ3) is 2.58. The minimum Gasteiger partial charge on any atom is -0.465 e. The number of aromatic nitrogens is 1. The number of nitrogens with zero attached hydrogens (tertiary/aromatic N) is 1. The summed E-state index contributed by atoms with van der Waals surface area (Å²) in [5.41, 5.74) is 0.293. The summed E-state index contributed by atoms with van der Waals surface area (Å²) in [6.45, 7) is 0. The number of rotatable bonds is 2. The van der Waals surface area contributed by atoms with Crippen LogP contribution in [0.2, 0.25) is 0 Å². The molecule has 0 aliphatic rings. The molecule has 1 aromatic heterocycles. The second kappa shape index (κ2) is 5.40. The quantitative estimate of drug-likeness (QED) is 0.743. The van der Waals surface area contributed by atoms with Gasteiger partial charge in [-0.05, 0) is 35.2 Å². The summed E-state index contributed by atoms with van der Waals surface area (Å²) in [7, 11) is 0. The number of nitrogens with one attached hydrogen (secondary N) is 1. The van der Waals surface area contributed by atoms with Crippen LogP contribution in [0, 0.1) is 11.6 Å². The van der Waals surface area contributed by atoms with E-state index in [2.05, 4.69) is 10.3 Å². The molecule has 22 heavy (non-hydrogen) atoms. The second-order valence-electron chi connectivity index (χ2n) is 4.66. The largest absolute Gasteiger partial charge is 0.465 e. The van der Waals surface area contributed by atoms with Crippen molar-refractivity contribution in [3.05, 3.63) is 60.3 Å². The fourth-order valence-corrected chi connectivity index (χ4v) is 2.25. The Balaban J connectivity index is 2.09. The van der Waals surface area contributed by atoms with Crippen molar-refractivity contribution in [2.75, 3.05) is 5.32 Å². The Hall–Kier alpha value is -3.02. The lowest BCUT2D eigenvalue weighted by Gasteiger charge is -2.07. The Morgan fingerprint density at radius 2 is 1.77 bits per heavy atom. The Labute approximate surface area is 124 Å². The van der Waals surface area contributed by atoms with Gasteiger partial charge in [-0.3, -0.25) is 5.32 Å². The van der Waals surface area contributed by atoms with Gasteiger partial charge in [0.05, 0.1) is 5.56 Å². The fourth-order valence-electron chi connectivity index (χ4n) is 2.25. The van der Waals surface area contributed by atoms with Crippen LogP contribution < -0.4 is 5.32 Å². The molecule has 0 spiro atoms. The number of anilines is 1. The summed E-state index contributed by atoms with van der Waals surface area (Å²) in [5.74, 6) is -1.10. The first-order valence-corrected chi connectivity index (χ1v) is 6.39. The van der Waals surface area contributed by atoms with E-state index in [9.17, 15) is 13.6 Å². The molecule has 0 fully saturated rings. The first-order valence-electron chi connectivity index (χ1n) is 6.39. The molecular weight excluding hydrogens is 290 g/mol. The van der Waals surface area contributed by atoms with E-state index in [0.29, 0.717) is 16.3 Å². The van der Waals surface area contributed by atoms with Crippen molar-refractivity contribution >= 4 is 22.7 Å². The van der Waals surface area contributed by atoms with Gasteiger partial charge in [0.2, 0.25) is 0 Å². The van der Waals surface area contributed by atoms with E-state index in [-0.39, 0.29) is 11.4 Å². The van der Waals surface area contributed by atoms with Crippen molar-refractivity contribution in [1.82, 2.24) is 4.98 Å². The predicted molar refractivity (Wildman–Crippen MR) is 78.7 cm³/mol. The van der Waals surface area contributed by atoms with Gasteiger partial charge in [-0.15, -0.1) is 0 Å². The first-order chi connectivity index (χ1) is 10.5. The van der Waals surface area contributed by atoms with Gasteiger partial charge >= 0.3 is 6.09 Å². The van der Waals surface area contributed by atoms with E-state index in [4.69, 9.17) is 5.11 Å². The lowest BCUT2D eigenvalue weighted by molar-refractivity contribution is 0.209. The molecule has 0 unspecified atom stereocenters. The van der Waals surface area contributed by atoms with Gasteiger partial charge < -0.3 is 5.11 Å². The van der Waals surface area contributed by atoms with Gasteiger partial charge in [-0.2, -0.15) is 0 Å². The number of amides is 1. The van der Waals surface area contributed by atoms with Gasteiger partial charge in [0.15, 0.2) is 0 Å². The van der Waals surface area contributed by atoms with Crippen molar-refractivity contribution in [3.63, 3.8) is 0 Å². The summed E-state index contributed by atoms with van der Waals surface area (Å²) in [4.78, 5) is 14.5. The van der Waals surface area contributed by atoms with Crippen molar-refractivity contribution in [2.45, 2.75) is 0 Å². The molecule has 0 atom stereocenters. The molecule has 0 aliphatic carbocycles. The number of carbonyl (C=O) groups is 1. The van der Waals surface area contributed by atoms with Crippen LogP contribution in [0.25, 0.3) is 21.9 Å². The molecule has 2 aromatic carbocycles. The predicted octanol–water partition coefficient (Wildman–Crippen LogP) is 4.27. The van der Waals surface area contributed by atoms with Gasteiger partial charge in [-0.1, -0.05) is 18.2 Å². The number of hydrogen-bond acceptors (Lipinski definition) is 2. The Bertz CT molecular complexity index is 861. The van der Waals surface area contributed by atoms with E-state index in [1.807, 2.05) is 0 Å². The molecule has 0 saturated heterocycles. The van der Waals surface area contributed by atoms with Crippen LogP contribution in [0.5, 0.6) is 0 Å². The number of carboxylic acid groups (broad SMARTS) is 1. The Morgan fingerprint density at radius 3 is 2.45 bits per heavy atom. The summed E-state index contributed by atoms with van der Waals surface area (Å²) >= 11 is 0. The zero-order chi connectivity index (χ0) is 15.7. The molecule has 1 heterocycles. The molecule has 0 aliphatic heterocycles. The average molecular weight is 300 g/mol. The van der Waals surface area contributed by atoms with E-state index < -0.39 is 17.7 Å². The van der Waals surface area contributed by atoms with Gasteiger partial charge in [0, 0.05) is 11.6 Å². The minimum absolute atomic E-state index is 0.0999. The second-order valence-corrected chi connectivity index (χ2v) is 4.66. The highest BCUT2D eigenvalue weighted by atomic mass is 19.1. The molecule has 0 saturated carbocycles. The fraction of sp³-hybridized carbons (Fsp3) is 0. The highest BCUT2D eigenvalue weighted by Gasteiger charge is 2.11. The molecule has 2 N–H and O–H groups in total. The van der Waals surface area contributed by atoms with Crippen LogP contribution in [0.3, 0.4) is 0 Å². The maximum Gasteiger partial charge on any atom is 0.410 e. The smallest absolute Gasteiger partial charge is 0.410 e. The van der Waals surface area contributed by atoms with Crippen molar-refractivity contribution in [1.29, 1.82) is 0 Å². The van der Waals surface area contributed by atoms with Crippen molar-refractivity contribution < 1.29 is 18.7 Å². The monoisotopic (exact) mass is 300 g/mol. The van der Waals surface area contributed by atoms with E-state index >= 15 is 0 Å². The number of fused-ring (bicyclic) bond motifs is 1. The SMILES string of the molecule is O=C(O)Nc1cc2ccc(-c3c(F)cccc3F)cc2cn1. The van der Waals surface area contributed by atoms with E-state index in [1.54, 1.807) is 24.3 Å². The molecule has 6 heteroatoms. The van der Waals surface area contributed by atoms with Crippen LogP contribution in [0.1, 0.15) is 0 Å². The lowest BCUT2D eigenvalue weighted by Crippen LogP contribution is -2.08. The van der Waals surface area contributed by atoms with Crippen LogP contribution in [0.4, 0.5) is 19.4 Å². The number of pyridine rings is 1. The zero-order valence-corrected chi connectivity index (χ0v) is 11.2. The third-order valence-corrected chi connectivity index (χ3v) is 3.21. The summed E-state index contributed by atoms with van der Waals surface area (Å²) < 4.78 is 27.6. The zero-order valence-electron chi connectivity index (χ0n) is 11.2. The molecule has 3 aromatic rings. The maximum absolute atomic E-state index is 13.8. The van der Waals surface area contributed by atoms with Gasteiger partial charge in [0.1, 0.15) is 17.5 Å². The minimum atomic E-state index is -1.21. The number of halogens is 2. The first kappa shape index (κ1) is 13.9. The maximum atomic E-state index is 13.8. The highest BCUT2D eigenvalue weighted by Crippen LogP contribution is 2.29. The lowest BCUT2D eigenvalue weighted by atomic mass is 10.0. The number of hydrogen-bond donors (Lipinski definition) is 2. The third-order valence-electron chi connectivity index (χ3n) is 3.21. The molecule has 1 amide bonds. The van der Waals surface area contributed by atoms with Gasteiger partial charge in [-0.25, -0.2) is 18.6 Å².